The number of anilines is 1. The first kappa shape index (κ1) is 17.4. The van der Waals surface area contributed by atoms with Crippen LogP contribution >= 0.6 is 11.8 Å². The highest BCUT2D eigenvalue weighted by molar-refractivity contribution is 7.98. The van der Waals surface area contributed by atoms with Crippen molar-refractivity contribution in [3.8, 4) is 11.5 Å². The molecule has 1 aromatic heterocycles. The van der Waals surface area contributed by atoms with E-state index in [9.17, 15) is 4.79 Å². The first-order chi connectivity index (χ1) is 13.3. The summed E-state index contributed by atoms with van der Waals surface area (Å²) in [5.74, 6) is 1.67. The molecule has 0 saturated carbocycles. The van der Waals surface area contributed by atoms with Gasteiger partial charge in [-0.25, -0.2) is 4.98 Å². The molecule has 4 rings (SSSR count). The van der Waals surface area contributed by atoms with Gasteiger partial charge in [0.2, 0.25) is 0 Å². The molecule has 6 heteroatoms. The molecule has 0 atom stereocenters. The largest absolute Gasteiger partial charge is 0.486 e. The second-order valence-electron chi connectivity index (χ2n) is 5.94. The monoisotopic (exact) mass is 378 g/mol. The number of ether oxygens (including phenoxy) is 2. The van der Waals surface area contributed by atoms with Crippen molar-refractivity contribution in [1.29, 1.82) is 0 Å². The number of carbonyl (C=O) groups is 1. The fourth-order valence-electron chi connectivity index (χ4n) is 2.78. The van der Waals surface area contributed by atoms with Crippen LogP contribution in [-0.4, -0.2) is 24.1 Å². The van der Waals surface area contributed by atoms with Crippen molar-refractivity contribution in [2.45, 2.75) is 10.8 Å². The smallest absolute Gasteiger partial charge is 0.259 e. The van der Waals surface area contributed by atoms with Crippen LogP contribution in [0.2, 0.25) is 0 Å². The third-order valence-corrected chi connectivity index (χ3v) is 5.04. The third kappa shape index (κ3) is 4.23. The van der Waals surface area contributed by atoms with E-state index in [0.717, 1.165) is 22.0 Å². The number of thioether (sulfide) groups is 1. The van der Waals surface area contributed by atoms with Gasteiger partial charge < -0.3 is 14.8 Å². The molecule has 0 fully saturated rings. The number of fused-ring (bicyclic) bond motifs is 1. The molecule has 1 amide bonds. The number of para-hydroxylation sites is 1. The zero-order valence-corrected chi connectivity index (χ0v) is 15.4. The molecule has 5 nitrogen and oxygen atoms in total. The molecule has 1 aliphatic heterocycles. The Kier molecular flexibility index (Phi) is 5.25. The molecule has 136 valence electrons. The summed E-state index contributed by atoms with van der Waals surface area (Å²) in [6.07, 6.45) is 1.78. The normalized spacial score (nSPS) is 12.4. The highest BCUT2D eigenvalue weighted by atomic mass is 32.2. The van der Waals surface area contributed by atoms with E-state index < -0.39 is 0 Å². The van der Waals surface area contributed by atoms with Crippen LogP contribution in [0, 0.1) is 0 Å². The van der Waals surface area contributed by atoms with Crippen LogP contribution < -0.4 is 14.8 Å². The number of nitrogens with zero attached hydrogens (tertiary/aromatic N) is 1. The fourth-order valence-corrected chi connectivity index (χ4v) is 3.58. The first-order valence-corrected chi connectivity index (χ1v) is 9.61. The van der Waals surface area contributed by atoms with Gasteiger partial charge in [0.25, 0.3) is 5.91 Å². The maximum atomic E-state index is 12.7. The summed E-state index contributed by atoms with van der Waals surface area (Å²) in [6.45, 7) is 0.936. The standard InChI is InChI=1S/C21H18N2O3S/c24-21(17-7-4-8-18-20(17)26-12-11-25-18)23-16-6-3-5-15(13-16)14-27-19-9-1-2-10-22-19/h1-10,13H,11-12,14H2,(H,23,24). The number of hydrogen-bond donors (Lipinski definition) is 1. The van der Waals surface area contributed by atoms with E-state index >= 15 is 0 Å². The number of hydrogen-bond acceptors (Lipinski definition) is 5. The van der Waals surface area contributed by atoms with Gasteiger partial charge in [-0.15, -0.1) is 11.8 Å². The van der Waals surface area contributed by atoms with Gasteiger partial charge in [0.15, 0.2) is 11.5 Å². The minimum Gasteiger partial charge on any atom is -0.486 e. The summed E-state index contributed by atoms with van der Waals surface area (Å²) in [5.41, 5.74) is 2.33. The second kappa shape index (κ2) is 8.14. The molecule has 1 aliphatic rings. The maximum absolute atomic E-state index is 12.7. The number of pyridine rings is 1. The van der Waals surface area contributed by atoms with E-state index in [1.165, 1.54) is 0 Å². The molecule has 0 bridgehead atoms. The summed E-state index contributed by atoms with van der Waals surface area (Å²) >= 11 is 1.66. The third-order valence-electron chi connectivity index (χ3n) is 4.02. The van der Waals surface area contributed by atoms with Gasteiger partial charge in [-0.05, 0) is 42.0 Å². The molecule has 0 aliphatic carbocycles. The quantitative estimate of drug-likeness (QED) is 0.667. The molecule has 0 unspecified atom stereocenters. The van der Waals surface area contributed by atoms with Crippen LogP contribution in [0.5, 0.6) is 11.5 Å². The molecule has 0 saturated heterocycles. The van der Waals surface area contributed by atoms with Crippen LogP contribution in [0.4, 0.5) is 5.69 Å². The Morgan fingerprint density at radius 2 is 1.93 bits per heavy atom. The van der Waals surface area contributed by atoms with Gasteiger partial charge in [0.1, 0.15) is 13.2 Å². The zero-order valence-electron chi connectivity index (χ0n) is 14.6. The van der Waals surface area contributed by atoms with Crippen LogP contribution in [0.15, 0.2) is 71.9 Å². The lowest BCUT2D eigenvalue weighted by Crippen LogP contribution is -2.20. The van der Waals surface area contributed by atoms with Gasteiger partial charge in [-0.1, -0.05) is 24.3 Å². The van der Waals surface area contributed by atoms with Crippen molar-refractivity contribution >= 4 is 23.4 Å². The van der Waals surface area contributed by atoms with Crippen LogP contribution in [-0.2, 0) is 5.75 Å². The van der Waals surface area contributed by atoms with Crippen LogP contribution in [0.3, 0.4) is 0 Å². The Balaban J connectivity index is 1.46. The maximum Gasteiger partial charge on any atom is 0.259 e. The highest BCUT2D eigenvalue weighted by Crippen LogP contribution is 2.34. The van der Waals surface area contributed by atoms with Gasteiger partial charge in [-0.2, -0.15) is 0 Å². The topological polar surface area (TPSA) is 60.5 Å². The molecular formula is C21H18N2O3S. The molecule has 0 spiro atoms. The summed E-state index contributed by atoms with van der Waals surface area (Å²) < 4.78 is 11.2. The Hall–Kier alpha value is -2.99. The van der Waals surface area contributed by atoms with Crippen molar-refractivity contribution in [3.05, 3.63) is 78.0 Å². The van der Waals surface area contributed by atoms with Gasteiger partial charge in [0.05, 0.1) is 10.6 Å². The van der Waals surface area contributed by atoms with E-state index in [1.54, 1.807) is 36.2 Å². The summed E-state index contributed by atoms with van der Waals surface area (Å²) in [7, 11) is 0. The Morgan fingerprint density at radius 1 is 1.04 bits per heavy atom. The molecule has 1 N–H and O–H groups in total. The number of rotatable bonds is 5. The van der Waals surface area contributed by atoms with E-state index in [4.69, 9.17) is 9.47 Å². The molecule has 2 aromatic carbocycles. The van der Waals surface area contributed by atoms with Gasteiger partial charge >= 0.3 is 0 Å². The van der Waals surface area contributed by atoms with E-state index in [1.807, 2.05) is 42.5 Å². The average molecular weight is 378 g/mol. The summed E-state index contributed by atoms with van der Waals surface area (Å²) in [6, 6.07) is 19.0. The average Bonchev–Trinajstić information content (AvgIpc) is 2.73. The highest BCUT2D eigenvalue weighted by Gasteiger charge is 2.20. The predicted octanol–water partition coefficient (Wildman–Crippen LogP) is 4.40. The van der Waals surface area contributed by atoms with E-state index in [0.29, 0.717) is 30.3 Å². The van der Waals surface area contributed by atoms with Crippen LogP contribution in [0.25, 0.3) is 0 Å². The van der Waals surface area contributed by atoms with Crippen molar-refractivity contribution < 1.29 is 14.3 Å². The lowest BCUT2D eigenvalue weighted by molar-refractivity contribution is 0.101. The van der Waals surface area contributed by atoms with Gasteiger partial charge in [0, 0.05) is 17.6 Å². The molecule has 3 aromatic rings. The first-order valence-electron chi connectivity index (χ1n) is 8.62. The van der Waals surface area contributed by atoms with Crippen molar-refractivity contribution in [1.82, 2.24) is 4.98 Å². The van der Waals surface area contributed by atoms with Crippen LogP contribution in [0.1, 0.15) is 15.9 Å². The summed E-state index contributed by atoms with van der Waals surface area (Å²) in [5, 5.41) is 3.92. The lowest BCUT2D eigenvalue weighted by Gasteiger charge is -2.20. The second-order valence-corrected chi connectivity index (χ2v) is 6.94. The van der Waals surface area contributed by atoms with E-state index in [-0.39, 0.29) is 5.91 Å². The molecule has 27 heavy (non-hydrogen) atoms. The minimum absolute atomic E-state index is 0.216. The number of benzene rings is 2. The Labute approximate surface area is 161 Å². The fraction of sp³-hybridized carbons (Fsp3) is 0.143. The Morgan fingerprint density at radius 3 is 2.81 bits per heavy atom. The number of aromatic nitrogens is 1. The predicted molar refractivity (Wildman–Crippen MR) is 106 cm³/mol. The molecule has 0 radical (unpaired) electrons. The van der Waals surface area contributed by atoms with E-state index in [2.05, 4.69) is 10.3 Å². The lowest BCUT2D eigenvalue weighted by atomic mass is 10.1. The van der Waals surface area contributed by atoms with Crippen molar-refractivity contribution in [3.63, 3.8) is 0 Å². The van der Waals surface area contributed by atoms with Crippen molar-refractivity contribution in [2.24, 2.45) is 0 Å². The number of carbonyl (C=O) groups excluding carboxylic acids is 1. The minimum atomic E-state index is -0.216. The number of nitrogens with one attached hydrogen (secondary N) is 1. The van der Waals surface area contributed by atoms with Gasteiger partial charge in [-0.3, -0.25) is 4.79 Å². The van der Waals surface area contributed by atoms with Crippen molar-refractivity contribution in [2.75, 3.05) is 18.5 Å². The molecular weight excluding hydrogens is 360 g/mol. The SMILES string of the molecule is O=C(Nc1cccc(CSc2ccccn2)c1)c1cccc2c1OCCO2. The summed E-state index contributed by atoms with van der Waals surface area (Å²) in [4.78, 5) is 17.0. The zero-order chi connectivity index (χ0) is 18.5. The molecule has 2 heterocycles. The number of amides is 1. The Bertz CT molecular complexity index is 947.